The molecule has 1 aliphatic rings. The third-order valence-electron chi connectivity index (χ3n) is 3.30. The molecule has 0 aliphatic heterocycles. The van der Waals surface area contributed by atoms with E-state index in [1.54, 1.807) is 0 Å². The Hall–Kier alpha value is -0.0800. The smallest absolute Gasteiger partial charge is 0.0541 e. The molecular weight excluding hydrogens is 174 g/mol. The lowest BCUT2D eigenvalue weighted by Gasteiger charge is -2.30. The molecule has 2 nitrogen and oxygen atoms in total. The van der Waals surface area contributed by atoms with E-state index < -0.39 is 0 Å². The van der Waals surface area contributed by atoms with Gasteiger partial charge in [-0.1, -0.05) is 20.3 Å². The Morgan fingerprint density at radius 2 is 1.86 bits per heavy atom. The monoisotopic (exact) mass is 199 g/mol. The largest absolute Gasteiger partial charge is 0.393 e. The SMILES string of the molecule is CCCC(CC)NC1CCC(O)CC1. The molecule has 0 aromatic carbocycles. The van der Waals surface area contributed by atoms with Gasteiger partial charge in [-0.2, -0.15) is 0 Å². The predicted molar refractivity (Wildman–Crippen MR) is 60.4 cm³/mol. The van der Waals surface area contributed by atoms with E-state index in [-0.39, 0.29) is 6.10 Å². The summed E-state index contributed by atoms with van der Waals surface area (Å²) in [4.78, 5) is 0. The van der Waals surface area contributed by atoms with Crippen molar-refractivity contribution >= 4 is 0 Å². The molecule has 0 spiro atoms. The van der Waals surface area contributed by atoms with Gasteiger partial charge < -0.3 is 10.4 Å². The van der Waals surface area contributed by atoms with Gasteiger partial charge in [-0.05, 0) is 38.5 Å². The molecule has 1 atom stereocenters. The van der Waals surface area contributed by atoms with Gasteiger partial charge in [0.15, 0.2) is 0 Å². The summed E-state index contributed by atoms with van der Waals surface area (Å²) in [5, 5.41) is 13.1. The molecule has 1 unspecified atom stereocenters. The fourth-order valence-corrected chi connectivity index (χ4v) is 2.33. The van der Waals surface area contributed by atoms with E-state index in [0.717, 1.165) is 25.7 Å². The van der Waals surface area contributed by atoms with Crippen molar-refractivity contribution in [1.82, 2.24) is 5.32 Å². The molecule has 2 heteroatoms. The van der Waals surface area contributed by atoms with Crippen LogP contribution in [0.4, 0.5) is 0 Å². The molecule has 1 rings (SSSR count). The first-order chi connectivity index (χ1) is 6.76. The topological polar surface area (TPSA) is 32.3 Å². The average Bonchev–Trinajstić information content (AvgIpc) is 2.20. The Morgan fingerprint density at radius 1 is 1.21 bits per heavy atom. The van der Waals surface area contributed by atoms with Gasteiger partial charge in [-0.3, -0.25) is 0 Å². The highest BCUT2D eigenvalue weighted by Gasteiger charge is 2.20. The number of hydrogen-bond acceptors (Lipinski definition) is 2. The fraction of sp³-hybridized carbons (Fsp3) is 1.00. The summed E-state index contributed by atoms with van der Waals surface area (Å²) < 4.78 is 0. The quantitative estimate of drug-likeness (QED) is 0.713. The second-order valence-electron chi connectivity index (χ2n) is 4.57. The zero-order valence-electron chi connectivity index (χ0n) is 9.63. The van der Waals surface area contributed by atoms with E-state index >= 15 is 0 Å². The predicted octanol–water partition coefficient (Wildman–Crippen LogP) is 2.46. The molecule has 0 aromatic rings. The summed E-state index contributed by atoms with van der Waals surface area (Å²) in [7, 11) is 0. The molecule has 0 amide bonds. The van der Waals surface area contributed by atoms with Crippen LogP contribution in [-0.2, 0) is 0 Å². The molecular formula is C12H25NO. The maximum atomic E-state index is 9.39. The van der Waals surface area contributed by atoms with Crippen LogP contribution in [0.2, 0.25) is 0 Å². The maximum absolute atomic E-state index is 9.39. The lowest BCUT2D eigenvalue weighted by atomic mass is 9.92. The van der Waals surface area contributed by atoms with E-state index in [9.17, 15) is 5.11 Å². The first-order valence-corrected chi connectivity index (χ1v) is 6.20. The van der Waals surface area contributed by atoms with Crippen molar-refractivity contribution in [1.29, 1.82) is 0 Å². The van der Waals surface area contributed by atoms with E-state index in [1.165, 1.54) is 19.3 Å². The lowest BCUT2D eigenvalue weighted by molar-refractivity contribution is 0.113. The van der Waals surface area contributed by atoms with E-state index in [2.05, 4.69) is 19.2 Å². The van der Waals surface area contributed by atoms with Crippen LogP contribution in [0.15, 0.2) is 0 Å². The Morgan fingerprint density at radius 3 is 2.36 bits per heavy atom. The molecule has 84 valence electrons. The number of hydrogen-bond donors (Lipinski definition) is 2. The zero-order chi connectivity index (χ0) is 10.4. The van der Waals surface area contributed by atoms with Crippen molar-refractivity contribution < 1.29 is 5.11 Å². The van der Waals surface area contributed by atoms with Crippen LogP contribution in [0.5, 0.6) is 0 Å². The van der Waals surface area contributed by atoms with E-state index in [0.29, 0.717) is 12.1 Å². The molecule has 0 radical (unpaired) electrons. The van der Waals surface area contributed by atoms with Crippen molar-refractivity contribution in [3.63, 3.8) is 0 Å². The first-order valence-electron chi connectivity index (χ1n) is 6.20. The normalized spacial score (nSPS) is 30.2. The van der Waals surface area contributed by atoms with Crippen molar-refractivity contribution in [3.8, 4) is 0 Å². The van der Waals surface area contributed by atoms with Gasteiger partial charge in [-0.15, -0.1) is 0 Å². The van der Waals surface area contributed by atoms with Crippen molar-refractivity contribution in [2.75, 3.05) is 0 Å². The lowest BCUT2D eigenvalue weighted by Crippen LogP contribution is -2.40. The molecule has 14 heavy (non-hydrogen) atoms. The van der Waals surface area contributed by atoms with Crippen LogP contribution in [0.3, 0.4) is 0 Å². The van der Waals surface area contributed by atoms with Crippen LogP contribution in [0.25, 0.3) is 0 Å². The van der Waals surface area contributed by atoms with Gasteiger partial charge in [0.25, 0.3) is 0 Å². The van der Waals surface area contributed by atoms with Gasteiger partial charge in [0.1, 0.15) is 0 Å². The minimum Gasteiger partial charge on any atom is -0.393 e. The maximum Gasteiger partial charge on any atom is 0.0541 e. The summed E-state index contributed by atoms with van der Waals surface area (Å²) in [6, 6.07) is 1.36. The highest BCUT2D eigenvalue weighted by molar-refractivity contribution is 4.79. The van der Waals surface area contributed by atoms with Gasteiger partial charge in [0, 0.05) is 12.1 Å². The van der Waals surface area contributed by atoms with Crippen LogP contribution in [0.1, 0.15) is 58.8 Å². The highest BCUT2D eigenvalue weighted by Crippen LogP contribution is 2.19. The summed E-state index contributed by atoms with van der Waals surface area (Å²) >= 11 is 0. The molecule has 0 saturated heterocycles. The van der Waals surface area contributed by atoms with Crippen molar-refractivity contribution in [2.24, 2.45) is 0 Å². The van der Waals surface area contributed by atoms with Gasteiger partial charge in [-0.25, -0.2) is 0 Å². The van der Waals surface area contributed by atoms with E-state index in [1.807, 2.05) is 0 Å². The molecule has 0 aromatic heterocycles. The Bertz CT molecular complexity index is 141. The summed E-state index contributed by atoms with van der Waals surface area (Å²) in [6.45, 7) is 4.50. The third kappa shape index (κ3) is 3.97. The van der Waals surface area contributed by atoms with Gasteiger partial charge >= 0.3 is 0 Å². The Labute approximate surface area is 88.1 Å². The standard InChI is InChI=1S/C12H25NO/c1-3-5-10(4-2)13-11-6-8-12(14)9-7-11/h10-14H,3-9H2,1-2H3. The highest BCUT2D eigenvalue weighted by atomic mass is 16.3. The number of aliphatic hydroxyl groups excluding tert-OH is 1. The summed E-state index contributed by atoms with van der Waals surface area (Å²) in [5.41, 5.74) is 0. The Balaban J connectivity index is 2.21. The third-order valence-corrected chi connectivity index (χ3v) is 3.30. The molecule has 0 heterocycles. The summed E-state index contributed by atoms with van der Waals surface area (Å²) in [5.74, 6) is 0. The van der Waals surface area contributed by atoms with Gasteiger partial charge in [0.05, 0.1) is 6.10 Å². The van der Waals surface area contributed by atoms with E-state index in [4.69, 9.17) is 0 Å². The zero-order valence-corrected chi connectivity index (χ0v) is 9.63. The number of rotatable bonds is 5. The van der Waals surface area contributed by atoms with Crippen LogP contribution >= 0.6 is 0 Å². The molecule has 1 aliphatic carbocycles. The number of aliphatic hydroxyl groups is 1. The molecule has 1 saturated carbocycles. The Kier molecular flexibility index (Phi) is 5.49. The fourth-order valence-electron chi connectivity index (χ4n) is 2.33. The molecule has 2 N–H and O–H groups in total. The van der Waals surface area contributed by atoms with Gasteiger partial charge in [0.2, 0.25) is 0 Å². The number of nitrogens with one attached hydrogen (secondary N) is 1. The molecule has 1 fully saturated rings. The van der Waals surface area contributed by atoms with Crippen LogP contribution < -0.4 is 5.32 Å². The average molecular weight is 199 g/mol. The minimum absolute atomic E-state index is 0.0284. The molecule has 0 bridgehead atoms. The van der Waals surface area contributed by atoms with Crippen LogP contribution in [0, 0.1) is 0 Å². The van der Waals surface area contributed by atoms with Crippen LogP contribution in [-0.4, -0.2) is 23.3 Å². The second kappa shape index (κ2) is 6.41. The second-order valence-corrected chi connectivity index (χ2v) is 4.57. The van der Waals surface area contributed by atoms with Crippen molar-refractivity contribution in [2.45, 2.75) is 77.0 Å². The minimum atomic E-state index is -0.0284. The van der Waals surface area contributed by atoms with Crippen molar-refractivity contribution in [3.05, 3.63) is 0 Å². The summed E-state index contributed by atoms with van der Waals surface area (Å²) in [6.07, 6.45) is 8.03. The first kappa shape index (κ1) is 12.0.